The number of carbonyl (C=O) groups is 1. The standard InChI is InChI=1S/C22H19Cl2FN2O4S/c1-32(29,30)27(13-15-4-2-3-5-21(15)25)17-7-9-18(10-8-17)31-14-22(28)26-16-6-11-19(23)20(24)12-16/h2-12H,13-14H2,1H3,(H,26,28). The molecule has 168 valence electrons. The van der Waals surface area contributed by atoms with Gasteiger partial charge in [0.2, 0.25) is 10.0 Å². The molecule has 0 bridgehead atoms. The van der Waals surface area contributed by atoms with Crippen LogP contribution in [0, 0.1) is 5.82 Å². The second-order valence-electron chi connectivity index (χ2n) is 6.82. The van der Waals surface area contributed by atoms with Gasteiger partial charge < -0.3 is 10.1 Å². The summed E-state index contributed by atoms with van der Waals surface area (Å²) in [7, 11) is -3.67. The van der Waals surface area contributed by atoms with Gasteiger partial charge in [0.25, 0.3) is 5.91 Å². The quantitative estimate of drug-likeness (QED) is 0.469. The summed E-state index contributed by atoms with van der Waals surface area (Å²) in [6.07, 6.45) is 1.05. The third-order valence-corrected chi connectivity index (χ3v) is 6.25. The Hall–Kier alpha value is -2.81. The number of nitrogens with zero attached hydrogens (tertiary/aromatic N) is 1. The third kappa shape index (κ3) is 6.35. The van der Waals surface area contributed by atoms with Crippen LogP contribution in [0.5, 0.6) is 5.75 Å². The number of anilines is 2. The highest BCUT2D eigenvalue weighted by atomic mass is 35.5. The maximum absolute atomic E-state index is 14.0. The molecule has 0 aliphatic rings. The molecule has 0 saturated carbocycles. The van der Waals surface area contributed by atoms with Gasteiger partial charge in [-0.15, -0.1) is 0 Å². The molecule has 0 unspecified atom stereocenters. The van der Waals surface area contributed by atoms with Gasteiger partial charge in [0, 0.05) is 11.3 Å². The van der Waals surface area contributed by atoms with Crippen LogP contribution in [0.15, 0.2) is 66.7 Å². The molecule has 0 heterocycles. The molecule has 6 nitrogen and oxygen atoms in total. The summed E-state index contributed by atoms with van der Waals surface area (Å²) in [6.45, 7) is -0.428. The molecule has 3 rings (SSSR count). The molecule has 0 aliphatic heterocycles. The second kappa shape index (κ2) is 10.2. The summed E-state index contributed by atoms with van der Waals surface area (Å²) in [4.78, 5) is 12.1. The lowest BCUT2D eigenvalue weighted by molar-refractivity contribution is -0.118. The van der Waals surface area contributed by atoms with E-state index in [0.29, 0.717) is 27.2 Å². The Balaban J connectivity index is 1.65. The van der Waals surface area contributed by atoms with Crippen molar-refractivity contribution in [3.8, 4) is 5.75 Å². The predicted octanol–water partition coefficient (Wildman–Crippen LogP) is 5.12. The number of benzene rings is 3. The molecule has 0 spiro atoms. The minimum absolute atomic E-state index is 0.155. The number of carbonyl (C=O) groups excluding carboxylic acids is 1. The van der Waals surface area contributed by atoms with Crippen molar-refractivity contribution in [2.24, 2.45) is 0 Å². The topological polar surface area (TPSA) is 75.7 Å². The number of hydrogen-bond donors (Lipinski definition) is 1. The first-order chi connectivity index (χ1) is 15.1. The number of rotatable bonds is 8. The van der Waals surface area contributed by atoms with Gasteiger partial charge in [0.1, 0.15) is 11.6 Å². The van der Waals surface area contributed by atoms with Crippen LogP contribution in [-0.4, -0.2) is 27.2 Å². The molecule has 0 aromatic heterocycles. The zero-order chi connectivity index (χ0) is 23.3. The molecule has 0 aliphatic carbocycles. The first-order valence-corrected chi connectivity index (χ1v) is 11.9. The highest BCUT2D eigenvalue weighted by Crippen LogP contribution is 2.26. The number of hydrogen-bond acceptors (Lipinski definition) is 4. The SMILES string of the molecule is CS(=O)(=O)N(Cc1ccccc1F)c1ccc(OCC(=O)Nc2ccc(Cl)c(Cl)c2)cc1. The van der Waals surface area contributed by atoms with Crippen LogP contribution in [0.1, 0.15) is 5.56 Å². The maximum atomic E-state index is 14.0. The molecular weight excluding hydrogens is 478 g/mol. The molecule has 0 radical (unpaired) electrons. The van der Waals surface area contributed by atoms with Gasteiger partial charge in [-0.25, -0.2) is 12.8 Å². The summed E-state index contributed by atoms with van der Waals surface area (Å²) in [5.41, 5.74) is 1.06. The Kier molecular flexibility index (Phi) is 7.60. The number of ether oxygens (including phenoxy) is 1. The molecule has 32 heavy (non-hydrogen) atoms. The highest BCUT2D eigenvalue weighted by Gasteiger charge is 2.19. The fourth-order valence-corrected chi connectivity index (χ4v) is 3.99. The van der Waals surface area contributed by atoms with Crippen molar-refractivity contribution in [2.75, 3.05) is 22.5 Å². The van der Waals surface area contributed by atoms with Crippen LogP contribution >= 0.6 is 23.2 Å². The summed E-state index contributed by atoms with van der Waals surface area (Å²) < 4.78 is 45.1. The minimum atomic E-state index is -3.67. The molecule has 10 heteroatoms. The van der Waals surface area contributed by atoms with Crippen molar-refractivity contribution in [1.82, 2.24) is 0 Å². The molecule has 1 N–H and O–H groups in total. The summed E-state index contributed by atoms with van der Waals surface area (Å²) in [6, 6.07) is 16.8. The summed E-state index contributed by atoms with van der Waals surface area (Å²) in [5, 5.41) is 3.32. The Bertz CT molecular complexity index is 1220. The molecule has 0 saturated heterocycles. The molecule has 1 amide bonds. The van der Waals surface area contributed by atoms with E-state index in [1.165, 1.54) is 48.5 Å². The van der Waals surface area contributed by atoms with Gasteiger partial charge in [-0.2, -0.15) is 0 Å². The Labute approximate surface area is 195 Å². The fourth-order valence-electron chi connectivity index (χ4n) is 2.81. The molecule has 3 aromatic rings. The Morgan fingerprint density at radius 3 is 2.34 bits per heavy atom. The molecule has 3 aromatic carbocycles. The van der Waals surface area contributed by atoms with Crippen LogP contribution in [0.2, 0.25) is 10.0 Å². The van der Waals surface area contributed by atoms with Gasteiger partial charge in [0.15, 0.2) is 6.61 Å². The van der Waals surface area contributed by atoms with Crippen LogP contribution in [0.25, 0.3) is 0 Å². The average Bonchev–Trinajstić information content (AvgIpc) is 2.74. The van der Waals surface area contributed by atoms with Gasteiger partial charge in [-0.1, -0.05) is 41.4 Å². The number of amides is 1. The maximum Gasteiger partial charge on any atom is 0.262 e. The van der Waals surface area contributed by atoms with Crippen molar-refractivity contribution < 1.29 is 22.3 Å². The van der Waals surface area contributed by atoms with E-state index in [1.807, 2.05) is 0 Å². The monoisotopic (exact) mass is 496 g/mol. The smallest absolute Gasteiger partial charge is 0.262 e. The number of sulfonamides is 1. The number of halogens is 3. The van der Waals surface area contributed by atoms with E-state index in [4.69, 9.17) is 27.9 Å². The van der Waals surface area contributed by atoms with Gasteiger partial charge >= 0.3 is 0 Å². The van der Waals surface area contributed by atoms with Gasteiger partial charge in [0.05, 0.1) is 28.5 Å². The first-order valence-electron chi connectivity index (χ1n) is 9.32. The van der Waals surface area contributed by atoms with Crippen molar-refractivity contribution >= 4 is 50.5 Å². The van der Waals surface area contributed by atoms with E-state index in [-0.39, 0.29) is 18.7 Å². The third-order valence-electron chi connectivity index (χ3n) is 4.37. The highest BCUT2D eigenvalue weighted by molar-refractivity contribution is 7.92. The van der Waals surface area contributed by atoms with Gasteiger partial charge in [-0.05, 0) is 48.5 Å². The second-order valence-corrected chi connectivity index (χ2v) is 9.54. The van der Waals surface area contributed by atoms with Crippen molar-refractivity contribution in [2.45, 2.75) is 6.54 Å². The van der Waals surface area contributed by atoms with Crippen molar-refractivity contribution in [3.05, 3.63) is 88.2 Å². The van der Waals surface area contributed by atoms with Crippen LogP contribution in [0.3, 0.4) is 0 Å². The van der Waals surface area contributed by atoms with E-state index in [1.54, 1.807) is 18.2 Å². The lowest BCUT2D eigenvalue weighted by Crippen LogP contribution is -2.29. The largest absolute Gasteiger partial charge is 0.484 e. The van der Waals surface area contributed by atoms with Crippen LogP contribution in [0.4, 0.5) is 15.8 Å². The lowest BCUT2D eigenvalue weighted by Gasteiger charge is -2.23. The lowest BCUT2D eigenvalue weighted by atomic mass is 10.2. The zero-order valence-corrected chi connectivity index (χ0v) is 19.2. The van der Waals surface area contributed by atoms with E-state index < -0.39 is 21.7 Å². The normalized spacial score (nSPS) is 11.1. The molecule has 0 atom stereocenters. The molecular formula is C22H19Cl2FN2O4S. The van der Waals surface area contributed by atoms with E-state index >= 15 is 0 Å². The Morgan fingerprint density at radius 2 is 1.72 bits per heavy atom. The zero-order valence-electron chi connectivity index (χ0n) is 16.9. The van der Waals surface area contributed by atoms with Crippen molar-refractivity contribution in [3.63, 3.8) is 0 Å². The Morgan fingerprint density at radius 1 is 1.03 bits per heavy atom. The fraction of sp³-hybridized carbons (Fsp3) is 0.136. The van der Waals surface area contributed by atoms with Gasteiger partial charge in [-0.3, -0.25) is 9.10 Å². The number of nitrogens with one attached hydrogen (secondary N) is 1. The van der Waals surface area contributed by atoms with E-state index in [9.17, 15) is 17.6 Å². The first kappa shape index (κ1) is 23.8. The minimum Gasteiger partial charge on any atom is -0.484 e. The summed E-state index contributed by atoms with van der Waals surface area (Å²) in [5.74, 6) is -0.545. The van der Waals surface area contributed by atoms with E-state index in [0.717, 1.165) is 10.6 Å². The molecule has 0 fully saturated rings. The van der Waals surface area contributed by atoms with Crippen LogP contribution < -0.4 is 14.4 Å². The predicted molar refractivity (Wildman–Crippen MR) is 124 cm³/mol. The van der Waals surface area contributed by atoms with E-state index in [2.05, 4.69) is 5.32 Å². The average molecular weight is 497 g/mol. The summed E-state index contributed by atoms with van der Waals surface area (Å²) >= 11 is 11.8. The van der Waals surface area contributed by atoms with Crippen LogP contribution in [-0.2, 0) is 21.4 Å². The van der Waals surface area contributed by atoms with Crippen molar-refractivity contribution in [1.29, 1.82) is 0 Å².